The Labute approximate surface area is 107 Å². The second kappa shape index (κ2) is 4.96. The van der Waals surface area contributed by atoms with Crippen molar-refractivity contribution in [3.63, 3.8) is 0 Å². The van der Waals surface area contributed by atoms with E-state index < -0.39 is 5.82 Å². The molecule has 1 heterocycles. The first kappa shape index (κ1) is 12.2. The highest BCUT2D eigenvalue weighted by atomic mass is 79.9. The number of carbonyl (C=O) groups is 2. The normalized spacial score (nSPS) is 17.2. The van der Waals surface area contributed by atoms with Crippen LogP contribution in [0.3, 0.4) is 0 Å². The first-order valence-corrected chi connectivity index (χ1v) is 6.20. The highest BCUT2D eigenvalue weighted by Gasteiger charge is 2.25. The minimum absolute atomic E-state index is 0.217. The van der Waals surface area contributed by atoms with Crippen molar-refractivity contribution in [1.29, 1.82) is 0 Å². The van der Waals surface area contributed by atoms with Gasteiger partial charge in [0.15, 0.2) is 0 Å². The fraction of sp³-hybridized carbons (Fsp3) is 0.333. The predicted octanol–water partition coefficient (Wildman–Crippen LogP) is 3.02. The molecule has 0 atom stereocenters. The van der Waals surface area contributed by atoms with Gasteiger partial charge in [0, 0.05) is 12.8 Å². The van der Waals surface area contributed by atoms with Crippen LogP contribution in [0.5, 0.6) is 0 Å². The molecule has 1 aliphatic heterocycles. The molecule has 0 radical (unpaired) electrons. The van der Waals surface area contributed by atoms with E-state index in [0.29, 0.717) is 18.5 Å². The Kier molecular flexibility index (Phi) is 3.57. The summed E-state index contributed by atoms with van der Waals surface area (Å²) in [6, 6.07) is 4.14. The molecule has 0 spiro atoms. The van der Waals surface area contributed by atoms with Crippen LogP contribution >= 0.6 is 15.9 Å². The maximum Gasteiger partial charge on any atom is 0.233 e. The van der Waals surface area contributed by atoms with Gasteiger partial charge in [-0.2, -0.15) is 0 Å². The molecule has 3 nitrogen and oxygen atoms in total. The molecule has 0 N–H and O–H groups in total. The van der Waals surface area contributed by atoms with Crippen molar-refractivity contribution in [3.8, 4) is 0 Å². The summed E-state index contributed by atoms with van der Waals surface area (Å²) >= 11 is 3.05. The number of hydrogen-bond donors (Lipinski definition) is 0. The Bertz CT molecular complexity index is 458. The van der Waals surface area contributed by atoms with Crippen LogP contribution in [0.15, 0.2) is 22.7 Å². The van der Waals surface area contributed by atoms with Gasteiger partial charge >= 0.3 is 0 Å². The second-order valence-corrected chi connectivity index (χ2v) is 4.78. The SMILES string of the molecule is O=C1CCCCC(=O)N1c1ccc(F)c(Br)c1. The number of anilines is 1. The first-order valence-electron chi connectivity index (χ1n) is 5.40. The van der Waals surface area contributed by atoms with E-state index in [0.717, 1.165) is 17.7 Å². The van der Waals surface area contributed by atoms with Crippen molar-refractivity contribution in [2.24, 2.45) is 0 Å². The van der Waals surface area contributed by atoms with Gasteiger partial charge in [0.25, 0.3) is 0 Å². The maximum atomic E-state index is 13.1. The van der Waals surface area contributed by atoms with Crippen LogP contribution in [0.2, 0.25) is 0 Å². The van der Waals surface area contributed by atoms with Gasteiger partial charge in [0.2, 0.25) is 11.8 Å². The van der Waals surface area contributed by atoms with Crippen molar-refractivity contribution in [1.82, 2.24) is 0 Å². The van der Waals surface area contributed by atoms with Gasteiger partial charge in [-0.25, -0.2) is 4.39 Å². The average Bonchev–Trinajstić information content (AvgIpc) is 2.45. The van der Waals surface area contributed by atoms with E-state index in [-0.39, 0.29) is 16.3 Å². The molecule has 1 saturated heterocycles. The summed E-state index contributed by atoms with van der Waals surface area (Å²) in [7, 11) is 0. The molecule has 1 aromatic rings. The Hall–Kier alpha value is -1.23. The molecule has 90 valence electrons. The number of hydrogen-bond acceptors (Lipinski definition) is 2. The van der Waals surface area contributed by atoms with Crippen molar-refractivity contribution < 1.29 is 14.0 Å². The quantitative estimate of drug-likeness (QED) is 0.748. The van der Waals surface area contributed by atoms with Crippen LogP contribution in [-0.2, 0) is 9.59 Å². The van der Waals surface area contributed by atoms with Crippen LogP contribution < -0.4 is 4.90 Å². The summed E-state index contributed by atoms with van der Waals surface area (Å²) in [5, 5.41) is 0. The first-order chi connectivity index (χ1) is 8.09. The highest BCUT2D eigenvalue weighted by Crippen LogP contribution is 2.26. The van der Waals surface area contributed by atoms with Gasteiger partial charge < -0.3 is 0 Å². The van der Waals surface area contributed by atoms with E-state index in [1.807, 2.05) is 0 Å². The minimum atomic E-state index is -0.413. The molecule has 0 bridgehead atoms. The fourth-order valence-electron chi connectivity index (χ4n) is 1.83. The van der Waals surface area contributed by atoms with Gasteiger partial charge in [-0.1, -0.05) is 0 Å². The number of imide groups is 1. The number of amides is 2. The zero-order valence-corrected chi connectivity index (χ0v) is 10.7. The monoisotopic (exact) mass is 299 g/mol. The summed E-state index contributed by atoms with van der Waals surface area (Å²) in [5.74, 6) is -0.847. The van der Waals surface area contributed by atoms with Crippen molar-refractivity contribution >= 4 is 33.4 Å². The third kappa shape index (κ3) is 2.54. The van der Waals surface area contributed by atoms with Crippen LogP contribution in [0, 0.1) is 5.82 Å². The van der Waals surface area contributed by atoms with E-state index >= 15 is 0 Å². The smallest absolute Gasteiger partial charge is 0.233 e. The zero-order valence-electron chi connectivity index (χ0n) is 9.08. The minimum Gasteiger partial charge on any atom is -0.274 e. The molecule has 1 fully saturated rings. The number of benzene rings is 1. The summed E-state index contributed by atoms with van der Waals surface area (Å²) in [6.07, 6.45) is 2.17. The predicted molar refractivity (Wildman–Crippen MR) is 65.1 cm³/mol. The lowest BCUT2D eigenvalue weighted by Gasteiger charge is -2.18. The van der Waals surface area contributed by atoms with Crippen molar-refractivity contribution in [3.05, 3.63) is 28.5 Å². The summed E-state index contributed by atoms with van der Waals surface area (Å²) in [6.45, 7) is 0. The van der Waals surface area contributed by atoms with Crippen LogP contribution in [0.25, 0.3) is 0 Å². The molecule has 1 aromatic carbocycles. The summed E-state index contributed by atoms with van der Waals surface area (Å²) < 4.78 is 13.4. The van der Waals surface area contributed by atoms with Crippen molar-refractivity contribution in [2.45, 2.75) is 25.7 Å². The van der Waals surface area contributed by atoms with Crippen LogP contribution in [0.4, 0.5) is 10.1 Å². The molecule has 1 aliphatic rings. The van der Waals surface area contributed by atoms with E-state index in [4.69, 9.17) is 0 Å². The Morgan fingerprint density at radius 1 is 1.12 bits per heavy atom. The molecule has 2 amide bonds. The topological polar surface area (TPSA) is 37.4 Å². The molecule has 0 aromatic heterocycles. The number of rotatable bonds is 1. The van der Waals surface area contributed by atoms with E-state index in [2.05, 4.69) is 15.9 Å². The molecular weight excluding hydrogens is 289 g/mol. The lowest BCUT2D eigenvalue weighted by molar-refractivity contribution is -0.125. The fourth-order valence-corrected chi connectivity index (χ4v) is 2.19. The van der Waals surface area contributed by atoms with E-state index in [9.17, 15) is 14.0 Å². The Balaban J connectivity index is 2.38. The summed E-state index contributed by atoms with van der Waals surface area (Å²) in [4.78, 5) is 24.8. The van der Waals surface area contributed by atoms with Gasteiger partial charge in [-0.3, -0.25) is 14.5 Å². The standard InChI is InChI=1S/C12H11BrFNO2/c13-9-7-8(5-6-10(9)14)15-11(16)3-1-2-4-12(15)17/h5-7H,1-4H2. The van der Waals surface area contributed by atoms with E-state index in [1.54, 1.807) is 0 Å². The third-order valence-electron chi connectivity index (χ3n) is 2.69. The van der Waals surface area contributed by atoms with Crippen molar-refractivity contribution in [2.75, 3.05) is 4.90 Å². The molecular formula is C12H11BrFNO2. The molecule has 0 aliphatic carbocycles. The van der Waals surface area contributed by atoms with Crippen LogP contribution in [0.1, 0.15) is 25.7 Å². The second-order valence-electron chi connectivity index (χ2n) is 3.93. The molecule has 5 heteroatoms. The average molecular weight is 300 g/mol. The van der Waals surface area contributed by atoms with Gasteiger partial charge in [0.05, 0.1) is 10.2 Å². The zero-order chi connectivity index (χ0) is 12.4. The Morgan fingerprint density at radius 2 is 1.71 bits per heavy atom. The van der Waals surface area contributed by atoms with E-state index in [1.165, 1.54) is 18.2 Å². The molecule has 2 rings (SSSR count). The number of nitrogens with zero attached hydrogens (tertiary/aromatic N) is 1. The Morgan fingerprint density at radius 3 is 2.24 bits per heavy atom. The third-order valence-corrected chi connectivity index (χ3v) is 3.30. The lowest BCUT2D eigenvalue weighted by Crippen LogP contribution is -2.35. The lowest BCUT2D eigenvalue weighted by atomic mass is 10.2. The molecule has 17 heavy (non-hydrogen) atoms. The number of carbonyl (C=O) groups excluding carboxylic acids is 2. The summed E-state index contributed by atoms with van der Waals surface area (Å²) in [5.41, 5.74) is 0.426. The maximum absolute atomic E-state index is 13.1. The van der Waals surface area contributed by atoms with Crippen LogP contribution in [-0.4, -0.2) is 11.8 Å². The van der Waals surface area contributed by atoms with Gasteiger partial charge in [0.1, 0.15) is 5.82 Å². The molecule has 0 saturated carbocycles. The molecule has 0 unspecified atom stereocenters. The largest absolute Gasteiger partial charge is 0.274 e. The van der Waals surface area contributed by atoms with Gasteiger partial charge in [-0.15, -0.1) is 0 Å². The van der Waals surface area contributed by atoms with Gasteiger partial charge in [-0.05, 0) is 47.0 Å². The number of halogens is 2. The highest BCUT2D eigenvalue weighted by molar-refractivity contribution is 9.10.